The number of allylic oxidation sites excluding steroid dienone is 6. The molecule has 0 saturated carbocycles. The average molecular weight is 206 g/mol. The summed E-state index contributed by atoms with van der Waals surface area (Å²) in [4.78, 5) is 0. The first-order valence-electron chi connectivity index (χ1n) is 5.94. The van der Waals surface area contributed by atoms with Gasteiger partial charge in [0.25, 0.3) is 0 Å². The minimum Gasteiger partial charge on any atom is -0.501 e. The standard InChI is InChI=1S/C14H22O/c1-4-8-13(12-10-6-7-11-12)14(15-3)9-5-2/h6-7,10-12H,4-5,8-9H2,1-3H3. The minimum absolute atomic E-state index is 0.478. The molecule has 0 aliphatic heterocycles. The van der Waals surface area contributed by atoms with Gasteiger partial charge in [0.1, 0.15) is 0 Å². The lowest BCUT2D eigenvalue weighted by atomic mass is 9.94. The van der Waals surface area contributed by atoms with Gasteiger partial charge in [-0.2, -0.15) is 0 Å². The molecule has 0 aromatic carbocycles. The monoisotopic (exact) mass is 206 g/mol. The van der Waals surface area contributed by atoms with E-state index in [-0.39, 0.29) is 0 Å². The predicted molar refractivity (Wildman–Crippen MR) is 65.6 cm³/mol. The summed E-state index contributed by atoms with van der Waals surface area (Å²) in [6, 6.07) is 0. The number of ether oxygens (including phenoxy) is 1. The van der Waals surface area contributed by atoms with Crippen LogP contribution in [0.15, 0.2) is 35.6 Å². The second-order valence-electron chi connectivity index (χ2n) is 3.95. The topological polar surface area (TPSA) is 9.23 Å². The molecule has 1 aliphatic rings. The van der Waals surface area contributed by atoms with Crippen LogP contribution < -0.4 is 0 Å². The first-order valence-corrected chi connectivity index (χ1v) is 5.94. The van der Waals surface area contributed by atoms with Crippen molar-refractivity contribution in [2.45, 2.75) is 39.5 Å². The lowest BCUT2D eigenvalue weighted by molar-refractivity contribution is 0.267. The molecular formula is C14H22O. The molecule has 0 spiro atoms. The Morgan fingerprint density at radius 3 is 2.13 bits per heavy atom. The second kappa shape index (κ2) is 6.49. The van der Waals surface area contributed by atoms with Crippen LogP contribution >= 0.6 is 0 Å². The molecule has 0 unspecified atom stereocenters. The van der Waals surface area contributed by atoms with Gasteiger partial charge in [0.05, 0.1) is 12.9 Å². The fourth-order valence-corrected chi connectivity index (χ4v) is 2.05. The first kappa shape index (κ1) is 12.1. The Labute approximate surface area is 93.5 Å². The van der Waals surface area contributed by atoms with Gasteiger partial charge in [-0.05, 0) is 18.4 Å². The van der Waals surface area contributed by atoms with E-state index in [4.69, 9.17) is 4.74 Å². The summed E-state index contributed by atoms with van der Waals surface area (Å²) in [6.07, 6.45) is 13.3. The van der Waals surface area contributed by atoms with Crippen molar-refractivity contribution in [1.29, 1.82) is 0 Å². The van der Waals surface area contributed by atoms with Crippen LogP contribution in [0.4, 0.5) is 0 Å². The number of hydrogen-bond donors (Lipinski definition) is 0. The van der Waals surface area contributed by atoms with Crippen LogP contribution in [0.1, 0.15) is 39.5 Å². The Hall–Kier alpha value is -0.980. The second-order valence-corrected chi connectivity index (χ2v) is 3.95. The molecule has 1 rings (SSSR count). The van der Waals surface area contributed by atoms with E-state index in [1.54, 1.807) is 7.11 Å². The van der Waals surface area contributed by atoms with Crippen molar-refractivity contribution < 1.29 is 4.74 Å². The summed E-state index contributed by atoms with van der Waals surface area (Å²) in [6.45, 7) is 4.42. The van der Waals surface area contributed by atoms with Gasteiger partial charge in [-0.1, -0.05) is 44.6 Å². The van der Waals surface area contributed by atoms with Crippen molar-refractivity contribution in [1.82, 2.24) is 0 Å². The van der Waals surface area contributed by atoms with Crippen molar-refractivity contribution in [3.63, 3.8) is 0 Å². The molecule has 0 aromatic rings. The Morgan fingerprint density at radius 1 is 1.07 bits per heavy atom. The summed E-state index contributed by atoms with van der Waals surface area (Å²) >= 11 is 0. The zero-order valence-electron chi connectivity index (χ0n) is 10.1. The van der Waals surface area contributed by atoms with Crippen molar-refractivity contribution in [2.24, 2.45) is 5.92 Å². The van der Waals surface area contributed by atoms with Gasteiger partial charge in [0, 0.05) is 12.3 Å². The number of rotatable bonds is 6. The van der Waals surface area contributed by atoms with Crippen molar-refractivity contribution in [3.05, 3.63) is 35.6 Å². The predicted octanol–water partition coefficient (Wildman–Crippen LogP) is 4.23. The Bertz CT molecular complexity index is 259. The molecule has 15 heavy (non-hydrogen) atoms. The van der Waals surface area contributed by atoms with E-state index in [2.05, 4.69) is 38.2 Å². The zero-order chi connectivity index (χ0) is 11.1. The number of methoxy groups -OCH3 is 1. The lowest BCUT2D eigenvalue weighted by Crippen LogP contribution is -2.03. The first-order chi connectivity index (χ1) is 7.33. The molecule has 1 aliphatic carbocycles. The van der Waals surface area contributed by atoms with Crippen molar-refractivity contribution >= 4 is 0 Å². The zero-order valence-corrected chi connectivity index (χ0v) is 10.1. The summed E-state index contributed by atoms with van der Waals surface area (Å²) in [5, 5.41) is 0. The maximum atomic E-state index is 5.53. The van der Waals surface area contributed by atoms with E-state index in [0.29, 0.717) is 5.92 Å². The van der Waals surface area contributed by atoms with E-state index in [9.17, 15) is 0 Å². The SMILES string of the molecule is CCCC(OC)=C(CCC)C1C=CC=C1. The van der Waals surface area contributed by atoms with Gasteiger partial charge in [-0.15, -0.1) is 0 Å². The van der Waals surface area contributed by atoms with Crippen LogP contribution in [-0.4, -0.2) is 7.11 Å². The third-order valence-corrected chi connectivity index (χ3v) is 2.75. The quantitative estimate of drug-likeness (QED) is 0.591. The number of hydrogen-bond acceptors (Lipinski definition) is 1. The molecule has 1 heteroatoms. The van der Waals surface area contributed by atoms with E-state index in [0.717, 1.165) is 19.3 Å². The van der Waals surface area contributed by atoms with Gasteiger partial charge in [-0.25, -0.2) is 0 Å². The van der Waals surface area contributed by atoms with Crippen LogP contribution in [-0.2, 0) is 4.74 Å². The average Bonchev–Trinajstić information content (AvgIpc) is 2.76. The highest BCUT2D eigenvalue weighted by molar-refractivity contribution is 5.30. The molecule has 0 radical (unpaired) electrons. The molecule has 0 heterocycles. The molecular weight excluding hydrogens is 184 g/mol. The molecule has 1 nitrogen and oxygen atoms in total. The van der Waals surface area contributed by atoms with Crippen LogP contribution in [0.5, 0.6) is 0 Å². The van der Waals surface area contributed by atoms with E-state index in [1.807, 2.05) is 0 Å². The Kier molecular flexibility index (Phi) is 5.23. The lowest BCUT2D eigenvalue weighted by Gasteiger charge is -2.17. The largest absolute Gasteiger partial charge is 0.501 e. The van der Waals surface area contributed by atoms with Crippen LogP contribution in [0.3, 0.4) is 0 Å². The summed E-state index contributed by atoms with van der Waals surface area (Å²) < 4.78 is 5.53. The molecule has 84 valence electrons. The smallest absolute Gasteiger partial charge is 0.0956 e. The van der Waals surface area contributed by atoms with Gasteiger partial charge >= 0.3 is 0 Å². The Balaban J connectivity index is 2.85. The van der Waals surface area contributed by atoms with E-state index in [1.165, 1.54) is 17.8 Å². The van der Waals surface area contributed by atoms with Crippen LogP contribution in [0.2, 0.25) is 0 Å². The molecule has 0 fully saturated rings. The summed E-state index contributed by atoms with van der Waals surface area (Å²) in [5.41, 5.74) is 1.46. The molecule has 0 saturated heterocycles. The van der Waals surface area contributed by atoms with Gasteiger partial charge in [0.2, 0.25) is 0 Å². The molecule has 0 amide bonds. The molecule has 0 bridgehead atoms. The van der Waals surface area contributed by atoms with Crippen molar-refractivity contribution in [2.75, 3.05) is 7.11 Å². The normalized spacial score (nSPS) is 17.0. The maximum Gasteiger partial charge on any atom is 0.0956 e. The molecule has 0 aromatic heterocycles. The fraction of sp³-hybridized carbons (Fsp3) is 0.571. The fourth-order valence-electron chi connectivity index (χ4n) is 2.05. The van der Waals surface area contributed by atoms with E-state index < -0.39 is 0 Å². The van der Waals surface area contributed by atoms with Crippen LogP contribution in [0.25, 0.3) is 0 Å². The van der Waals surface area contributed by atoms with E-state index >= 15 is 0 Å². The molecule has 0 atom stereocenters. The van der Waals surface area contributed by atoms with Crippen LogP contribution in [0, 0.1) is 5.92 Å². The highest BCUT2D eigenvalue weighted by atomic mass is 16.5. The third-order valence-electron chi connectivity index (χ3n) is 2.75. The summed E-state index contributed by atoms with van der Waals surface area (Å²) in [5.74, 6) is 1.67. The minimum atomic E-state index is 0.478. The van der Waals surface area contributed by atoms with Gasteiger partial charge < -0.3 is 4.74 Å². The highest BCUT2D eigenvalue weighted by Gasteiger charge is 2.15. The summed E-state index contributed by atoms with van der Waals surface area (Å²) in [7, 11) is 1.79. The molecule has 0 N–H and O–H groups in total. The van der Waals surface area contributed by atoms with Gasteiger partial charge in [0.15, 0.2) is 0 Å². The van der Waals surface area contributed by atoms with Crippen molar-refractivity contribution in [3.8, 4) is 0 Å². The highest BCUT2D eigenvalue weighted by Crippen LogP contribution is 2.28. The third kappa shape index (κ3) is 3.26. The Morgan fingerprint density at radius 2 is 1.67 bits per heavy atom. The van der Waals surface area contributed by atoms with Gasteiger partial charge in [-0.3, -0.25) is 0 Å². The maximum absolute atomic E-state index is 5.53.